The second kappa shape index (κ2) is 9.90. The van der Waals surface area contributed by atoms with E-state index >= 15 is 0 Å². The molecule has 1 heterocycles. The van der Waals surface area contributed by atoms with E-state index in [1.807, 2.05) is 0 Å². The molecule has 0 unspecified atom stereocenters. The molecule has 0 aromatic heterocycles. The average Bonchev–Trinajstić information content (AvgIpc) is 2.97. The highest BCUT2D eigenvalue weighted by molar-refractivity contribution is 8.26. The first kappa shape index (κ1) is 22.7. The topological polar surface area (TPSA) is 110 Å². The summed E-state index contributed by atoms with van der Waals surface area (Å²) < 4.78 is 5.92. The van der Waals surface area contributed by atoms with E-state index in [2.05, 4.69) is 0 Å². The van der Waals surface area contributed by atoms with Gasteiger partial charge in [-0.1, -0.05) is 41.6 Å². The highest BCUT2D eigenvalue weighted by Crippen LogP contribution is 2.36. The Bertz CT molecular complexity index is 1090. The fourth-order valence-corrected chi connectivity index (χ4v) is 4.15. The molecular weight excluding hydrogens is 464 g/mol. The Kier molecular flexibility index (Phi) is 7.26. The molecule has 1 aliphatic rings. The number of nitro groups is 1. The van der Waals surface area contributed by atoms with Crippen molar-refractivity contribution in [3.8, 4) is 11.5 Å². The zero-order chi connectivity index (χ0) is 22.5. The number of carbonyl (C=O) groups excluding carboxylic acids is 1. The highest BCUT2D eigenvalue weighted by Gasteiger charge is 2.31. The summed E-state index contributed by atoms with van der Waals surface area (Å²) in [5, 5.41) is 20.8. The Morgan fingerprint density at radius 2 is 2.00 bits per heavy atom. The van der Waals surface area contributed by atoms with Gasteiger partial charge in [0.15, 0.2) is 0 Å². The quantitative estimate of drug-likeness (QED) is 0.241. The van der Waals surface area contributed by atoms with Crippen LogP contribution in [0.2, 0.25) is 5.02 Å². The number of carboxylic acid groups (broad SMARTS) is 1. The van der Waals surface area contributed by atoms with Gasteiger partial charge in [-0.2, -0.15) is 0 Å². The number of ether oxygens (including phenoxy) is 1. The Balaban J connectivity index is 1.80. The Hall–Kier alpha value is -2.95. The van der Waals surface area contributed by atoms with E-state index < -0.39 is 10.9 Å². The van der Waals surface area contributed by atoms with Crippen LogP contribution >= 0.6 is 35.6 Å². The SMILES string of the molecule is O=C(O)CCCN1C(=O)/C(=C/c2ccc(Oc3ccc(Cl)cc3)c([N+](=O)[O-])c2)SC1=S. The number of hydrogen-bond acceptors (Lipinski definition) is 7. The van der Waals surface area contributed by atoms with Crippen molar-refractivity contribution in [1.82, 2.24) is 4.90 Å². The Labute approximate surface area is 191 Å². The number of nitro benzene ring substituents is 1. The van der Waals surface area contributed by atoms with Gasteiger partial charge in [0.2, 0.25) is 5.75 Å². The molecule has 1 aliphatic heterocycles. The molecule has 8 nitrogen and oxygen atoms in total. The second-order valence-electron chi connectivity index (χ2n) is 6.37. The van der Waals surface area contributed by atoms with Crippen molar-refractivity contribution in [3.05, 3.63) is 68.1 Å². The zero-order valence-electron chi connectivity index (χ0n) is 15.8. The lowest BCUT2D eigenvalue weighted by molar-refractivity contribution is -0.385. The molecule has 160 valence electrons. The molecule has 2 aromatic rings. The largest absolute Gasteiger partial charge is 0.481 e. The third-order valence-electron chi connectivity index (χ3n) is 4.16. The maximum Gasteiger partial charge on any atom is 0.312 e. The fourth-order valence-electron chi connectivity index (χ4n) is 2.72. The molecule has 0 bridgehead atoms. The van der Waals surface area contributed by atoms with E-state index in [-0.39, 0.29) is 36.7 Å². The maximum absolute atomic E-state index is 12.6. The van der Waals surface area contributed by atoms with Gasteiger partial charge < -0.3 is 9.84 Å². The molecular formula is C20H15ClN2O6S2. The summed E-state index contributed by atoms with van der Waals surface area (Å²) >= 11 is 12.1. The van der Waals surface area contributed by atoms with Crippen molar-refractivity contribution < 1.29 is 24.4 Å². The summed E-state index contributed by atoms with van der Waals surface area (Å²) in [6.07, 6.45) is 1.71. The van der Waals surface area contributed by atoms with E-state index in [0.717, 1.165) is 11.8 Å². The third kappa shape index (κ3) is 5.81. The van der Waals surface area contributed by atoms with Crippen LogP contribution in [0.3, 0.4) is 0 Å². The number of carbonyl (C=O) groups is 2. The molecule has 11 heteroatoms. The van der Waals surface area contributed by atoms with Gasteiger partial charge in [-0.3, -0.25) is 24.6 Å². The first-order valence-electron chi connectivity index (χ1n) is 8.93. The van der Waals surface area contributed by atoms with Gasteiger partial charge in [0.25, 0.3) is 5.91 Å². The summed E-state index contributed by atoms with van der Waals surface area (Å²) in [5.74, 6) is -0.869. The lowest BCUT2D eigenvalue weighted by atomic mass is 10.1. The van der Waals surface area contributed by atoms with Crippen LogP contribution in [0.5, 0.6) is 11.5 Å². The molecule has 2 aromatic carbocycles. The van der Waals surface area contributed by atoms with Gasteiger partial charge >= 0.3 is 11.7 Å². The van der Waals surface area contributed by atoms with Crippen molar-refractivity contribution in [2.24, 2.45) is 0 Å². The number of halogens is 1. The molecule has 0 spiro atoms. The molecule has 31 heavy (non-hydrogen) atoms. The zero-order valence-corrected chi connectivity index (χ0v) is 18.2. The second-order valence-corrected chi connectivity index (χ2v) is 8.48. The van der Waals surface area contributed by atoms with Crippen molar-refractivity contribution >= 4 is 63.5 Å². The molecule has 1 amide bonds. The van der Waals surface area contributed by atoms with Crippen LogP contribution in [0.4, 0.5) is 5.69 Å². The van der Waals surface area contributed by atoms with Crippen LogP contribution in [0, 0.1) is 10.1 Å². The number of thioether (sulfide) groups is 1. The normalized spacial score (nSPS) is 14.9. The molecule has 0 aliphatic carbocycles. The van der Waals surface area contributed by atoms with E-state index in [1.54, 1.807) is 30.3 Å². The average molecular weight is 479 g/mol. The predicted molar refractivity (Wildman–Crippen MR) is 121 cm³/mol. The molecule has 1 N–H and O–H groups in total. The van der Waals surface area contributed by atoms with E-state index in [4.69, 9.17) is 33.7 Å². The summed E-state index contributed by atoms with van der Waals surface area (Å²) in [6, 6.07) is 10.8. The first-order valence-corrected chi connectivity index (χ1v) is 10.5. The fraction of sp³-hybridized carbons (Fsp3) is 0.150. The van der Waals surface area contributed by atoms with E-state index in [0.29, 0.717) is 25.6 Å². The first-order chi connectivity index (χ1) is 14.7. The standard InChI is InChI=1S/C20H15ClN2O6S2/c21-13-4-6-14(7-5-13)29-16-8-3-12(10-15(16)23(27)28)11-17-19(26)22(20(30)31-17)9-1-2-18(24)25/h3-8,10-11H,1-2,9H2,(H,24,25)/b17-11-. The maximum atomic E-state index is 12.6. The molecule has 0 atom stereocenters. The van der Waals surface area contributed by atoms with Crippen LogP contribution in [0.25, 0.3) is 6.08 Å². The summed E-state index contributed by atoms with van der Waals surface area (Å²) in [6.45, 7) is 0.197. The number of carboxylic acids is 1. The molecule has 1 fully saturated rings. The smallest absolute Gasteiger partial charge is 0.312 e. The number of amides is 1. The van der Waals surface area contributed by atoms with E-state index in [1.165, 1.54) is 23.1 Å². The number of hydrogen-bond donors (Lipinski definition) is 1. The van der Waals surface area contributed by atoms with Crippen molar-refractivity contribution in [2.75, 3.05) is 6.54 Å². The minimum absolute atomic E-state index is 0.0469. The number of nitrogens with zero attached hydrogens (tertiary/aromatic N) is 2. The van der Waals surface area contributed by atoms with Crippen molar-refractivity contribution in [2.45, 2.75) is 12.8 Å². The van der Waals surface area contributed by atoms with Crippen LogP contribution in [0.15, 0.2) is 47.4 Å². The van der Waals surface area contributed by atoms with Gasteiger partial charge in [-0.15, -0.1) is 0 Å². The van der Waals surface area contributed by atoms with Crippen molar-refractivity contribution in [3.63, 3.8) is 0 Å². The van der Waals surface area contributed by atoms with Gasteiger partial charge in [0.1, 0.15) is 10.1 Å². The molecule has 0 radical (unpaired) electrons. The molecule has 1 saturated heterocycles. The molecule has 0 saturated carbocycles. The van der Waals surface area contributed by atoms with Crippen LogP contribution in [-0.4, -0.2) is 37.7 Å². The third-order valence-corrected chi connectivity index (χ3v) is 5.79. The summed E-state index contributed by atoms with van der Waals surface area (Å²) in [5.41, 5.74) is 0.168. The lowest BCUT2D eigenvalue weighted by Crippen LogP contribution is -2.29. The van der Waals surface area contributed by atoms with Crippen LogP contribution in [-0.2, 0) is 9.59 Å². The van der Waals surface area contributed by atoms with Gasteiger partial charge in [0, 0.05) is 24.1 Å². The predicted octanol–water partition coefficient (Wildman–Crippen LogP) is 5.11. The number of benzene rings is 2. The minimum Gasteiger partial charge on any atom is -0.481 e. The lowest BCUT2D eigenvalue weighted by Gasteiger charge is -2.13. The van der Waals surface area contributed by atoms with Crippen LogP contribution < -0.4 is 4.74 Å². The summed E-state index contributed by atoms with van der Waals surface area (Å²) in [7, 11) is 0. The molecule has 3 rings (SSSR count). The van der Waals surface area contributed by atoms with Crippen molar-refractivity contribution in [1.29, 1.82) is 0 Å². The Morgan fingerprint density at radius 3 is 2.65 bits per heavy atom. The van der Waals surface area contributed by atoms with Crippen LogP contribution in [0.1, 0.15) is 18.4 Å². The highest BCUT2D eigenvalue weighted by atomic mass is 35.5. The summed E-state index contributed by atoms with van der Waals surface area (Å²) in [4.78, 5) is 35.8. The number of aliphatic carboxylic acids is 1. The monoisotopic (exact) mass is 478 g/mol. The minimum atomic E-state index is -0.950. The van der Waals surface area contributed by atoms with E-state index in [9.17, 15) is 19.7 Å². The van der Waals surface area contributed by atoms with Gasteiger partial charge in [0.05, 0.1) is 9.83 Å². The van der Waals surface area contributed by atoms with Gasteiger partial charge in [-0.05, 0) is 48.4 Å². The number of rotatable bonds is 8. The Morgan fingerprint density at radius 1 is 1.29 bits per heavy atom. The van der Waals surface area contributed by atoms with Gasteiger partial charge in [-0.25, -0.2) is 0 Å². The number of thiocarbonyl (C=S) groups is 1.